The van der Waals surface area contributed by atoms with E-state index in [-0.39, 0.29) is 5.54 Å². The van der Waals surface area contributed by atoms with Crippen LogP contribution in [0.3, 0.4) is 0 Å². The fourth-order valence-corrected chi connectivity index (χ4v) is 6.01. The number of aromatic nitrogens is 1. The molecule has 0 amide bonds. The van der Waals surface area contributed by atoms with Crippen LogP contribution in [-0.2, 0) is 19.1 Å². The maximum absolute atomic E-state index is 2.72. The number of anilines is 1. The van der Waals surface area contributed by atoms with E-state index in [0.29, 0.717) is 0 Å². The van der Waals surface area contributed by atoms with E-state index < -0.39 is 0 Å². The molecule has 2 aromatic heterocycles. The van der Waals surface area contributed by atoms with E-state index in [1.54, 1.807) is 11.3 Å². The summed E-state index contributed by atoms with van der Waals surface area (Å²) >= 11 is 1.91. The molecular weight excluding hydrogens is 324 g/mol. The minimum absolute atomic E-state index is 0.217. The lowest BCUT2D eigenvalue weighted by Gasteiger charge is -2.39. The maximum atomic E-state index is 2.72. The number of thiophene rings is 1. The smallest absolute Gasteiger partial charge is 0.0811 e. The van der Waals surface area contributed by atoms with Crippen LogP contribution >= 0.6 is 11.3 Å². The highest BCUT2D eigenvalue weighted by atomic mass is 32.1. The second-order valence-electron chi connectivity index (χ2n) is 7.13. The summed E-state index contributed by atoms with van der Waals surface area (Å²) < 4.78 is 4.00. The highest BCUT2D eigenvalue weighted by molar-refractivity contribution is 7.17. The number of fused-ring (bicyclic) bond motifs is 4. The molecule has 1 saturated carbocycles. The molecule has 2 aliphatic rings. The van der Waals surface area contributed by atoms with Gasteiger partial charge in [0.1, 0.15) is 0 Å². The number of nitrogens with zero attached hydrogens (tertiary/aromatic N) is 2. The number of hydrogen-bond acceptors (Lipinski definition) is 2. The molecule has 3 heterocycles. The minimum Gasteiger partial charge on any atom is -0.356 e. The van der Waals surface area contributed by atoms with E-state index in [2.05, 4.69) is 59.2 Å². The van der Waals surface area contributed by atoms with Crippen LogP contribution in [0.15, 0.2) is 35.7 Å². The summed E-state index contributed by atoms with van der Waals surface area (Å²) in [5.74, 6) is 0. The third kappa shape index (κ3) is 2.21. The Kier molecular flexibility index (Phi) is 4.15. The molecule has 0 radical (unpaired) electrons. The van der Waals surface area contributed by atoms with Gasteiger partial charge in [-0.05, 0) is 42.8 Å². The first-order valence-corrected chi connectivity index (χ1v) is 10.5. The van der Waals surface area contributed by atoms with Crippen molar-refractivity contribution in [2.75, 3.05) is 4.90 Å². The predicted molar refractivity (Wildman–Crippen MR) is 110 cm³/mol. The summed E-state index contributed by atoms with van der Waals surface area (Å²) in [6.07, 6.45) is 5.28. The van der Waals surface area contributed by atoms with Gasteiger partial charge in [-0.15, -0.1) is 11.3 Å². The zero-order valence-electron chi connectivity index (χ0n) is 15.8. The Morgan fingerprint density at radius 3 is 2.48 bits per heavy atom. The molecule has 0 N–H and O–H groups in total. The van der Waals surface area contributed by atoms with Gasteiger partial charge in [0, 0.05) is 24.8 Å². The first kappa shape index (κ1) is 16.7. The third-order valence-electron chi connectivity index (χ3n) is 6.01. The molecule has 1 aliphatic heterocycles. The maximum Gasteiger partial charge on any atom is 0.0811 e. The molecule has 3 aromatic rings. The van der Waals surface area contributed by atoms with Crippen LogP contribution in [0.25, 0.3) is 10.2 Å². The monoisotopic (exact) mass is 352 g/mol. The molecule has 0 saturated heterocycles. The number of para-hydroxylation sites is 1. The Morgan fingerprint density at radius 2 is 1.76 bits per heavy atom. The van der Waals surface area contributed by atoms with Crippen LogP contribution in [-0.4, -0.2) is 4.57 Å². The molecule has 3 heteroatoms. The van der Waals surface area contributed by atoms with Crippen LogP contribution in [0.1, 0.15) is 56.4 Å². The van der Waals surface area contributed by atoms with Crippen molar-refractivity contribution in [3.8, 4) is 0 Å². The standard InChI is InChI=1S/C20H22N2S.C2H6/c1-14-7-3-4-8-16(14)22-13-15-18-17(9-12-23-18)21(2)19(15)20(22)10-5-6-11-20;1-2/h3-4,7-9,12H,5-6,10-11,13H2,1-2H3;1-2H3. The normalized spacial score (nSPS) is 17.8. The van der Waals surface area contributed by atoms with Crippen LogP contribution in [0.4, 0.5) is 5.69 Å². The van der Waals surface area contributed by atoms with Crippen molar-refractivity contribution in [3.05, 3.63) is 52.5 Å². The second kappa shape index (κ2) is 6.21. The van der Waals surface area contributed by atoms with E-state index >= 15 is 0 Å². The van der Waals surface area contributed by atoms with Crippen molar-refractivity contribution in [3.63, 3.8) is 0 Å². The Balaban J connectivity index is 0.000000758. The third-order valence-corrected chi connectivity index (χ3v) is 6.98. The highest BCUT2D eigenvalue weighted by Gasteiger charge is 2.50. The number of rotatable bonds is 1. The van der Waals surface area contributed by atoms with Crippen molar-refractivity contribution in [2.24, 2.45) is 7.05 Å². The topological polar surface area (TPSA) is 8.17 Å². The van der Waals surface area contributed by atoms with Gasteiger partial charge in [0.05, 0.1) is 21.4 Å². The van der Waals surface area contributed by atoms with E-state index in [9.17, 15) is 0 Å². The van der Waals surface area contributed by atoms with Crippen molar-refractivity contribution >= 4 is 27.2 Å². The Morgan fingerprint density at radius 1 is 1.04 bits per heavy atom. The molecular formula is C22H28N2S. The zero-order chi connectivity index (χ0) is 17.6. The summed E-state index contributed by atoms with van der Waals surface area (Å²) in [5, 5.41) is 2.24. The molecule has 1 fully saturated rings. The molecule has 132 valence electrons. The van der Waals surface area contributed by atoms with Gasteiger partial charge < -0.3 is 9.47 Å². The van der Waals surface area contributed by atoms with Gasteiger partial charge in [-0.2, -0.15) is 0 Å². The number of hydrogen-bond donors (Lipinski definition) is 0. The van der Waals surface area contributed by atoms with E-state index in [1.165, 1.54) is 47.2 Å². The predicted octanol–water partition coefficient (Wildman–Crippen LogP) is 6.36. The summed E-state index contributed by atoms with van der Waals surface area (Å²) in [4.78, 5) is 2.72. The molecule has 0 unspecified atom stereocenters. The molecule has 0 bridgehead atoms. The van der Waals surface area contributed by atoms with Crippen molar-refractivity contribution < 1.29 is 0 Å². The highest BCUT2D eigenvalue weighted by Crippen LogP contribution is 2.55. The number of benzene rings is 1. The van der Waals surface area contributed by atoms with Gasteiger partial charge in [0.15, 0.2) is 0 Å². The average molecular weight is 353 g/mol. The molecule has 25 heavy (non-hydrogen) atoms. The summed E-state index contributed by atoms with van der Waals surface area (Å²) in [6, 6.07) is 11.2. The molecule has 2 nitrogen and oxygen atoms in total. The molecule has 1 aliphatic carbocycles. The lowest BCUT2D eigenvalue weighted by Crippen LogP contribution is -2.40. The molecule has 1 spiro atoms. The first-order chi connectivity index (χ1) is 12.2. The van der Waals surface area contributed by atoms with Crippen LogP contribution in [0.2, 0.25) is 0 Å². The van der Waals surface area contributed by atoms with E-state index in [0.717, 1.165) is 6.54 Å². The Bertz CT molecular complexity index is 896. The SMILES string of the molecule is CC.Cc1ccccc1N1Cc2c(n(C)c3ccsc23)C12CCCC2. The first-order valence-electron chi connectivity index (χ1n) is 9.61. The van der Waals surface area contributed by atoms with Gasteiger partial charge in [-0.25, -0.2) is 0 Å². The second-order valence-corrected chi connectivity index (χ2v) is 8.05. The lowest BCUT2D eigenvalue weighted by atomic mass is 9.92. The van der Waals surface area contributed by atoms with Gasteiger partial charge in [0.25, 0.3) is 0 Å². The largest absolute Gasteiger partial charge is 0.356 e. The van der Waals surface area contributed by atoms with Crippen LogP contribution < -0.4 is 4.90 Å². The summed E-state index contributed by atoms with van der Waals surface area (Å²) in [5.41, 5.74) is 7.65. The minimum atomic E-state index is 0.217. The van der Waals surface area contributed by atoms with E-state index in [1.807, 2.05) is 25.2 Å². The van der Waals surface area contributed by atoms with Gasteiger partial charge >= 0.3 is 0 Å². The zero-order valence-corrected chi connectivity index (χ0v) is 16.6. The van der Waals surface area contributed by atoms with Crippen LogP contribution in [0, 0.1) is 6.92 Å². The fraction of sp³-hybridized carbons (Fsp3) is 0.455. The van der Waals surface area contributed by atoms with Crippen molar-refractivity contribution in [2.45, 2.75) is 58.5 Å². The van der Waals surface area contributed by atoms with Gasteiger partial charge in [-0.3, -0.25) is 0 Å². The van der Waals surface area contributed by atoms with Gasteiger partial charge in [0.2, 0.25) is 0 Å². The number of aryl methyl sites for hydroxylation is 2. The molecule has 0 atom stereocenters. The average Bonchev–Trinajstić information content (AvgIpc) is 3.38. The summed E-state index contributed by atoms with van der Waals surface area (Å²) in [6.45, 7) is 7.32. The van der Waals surface area contributed by atoms with Crippen LogP contribution in [0.5, 0.6) is 0 Å². The van der Waals surface area contributed by atoms with Crippen molar-refractivity contribution in [1.82, 2.24) is 4.57 Å². The van der Waals surface area contributed by atoms with Gasteiger partial charge in [-0.1, -0.05) is 44.9 Å². The fourth-order valence-electron chi connectivity index (χ4n) is 5.05. The molecule has 1 aromatic carbocycles. The van der Waals surface area contributed by atoms with E-state index in [4.69, 9.17) is 0 Å². The summed E-state index contributed by atoms with van der Waals surface area (Å²) in [7, 11) is 2.27. The Labute approximate surface area is 155 Å². The van der Waals surface area contributed by atoms with Crippen molar-refractivity contribution in [1.29, 1.82) is 0 Å². The quantitative estimate of drug-likeness (QED) is 0.494. The molecule has 5 rings (SSSR count). The Hall–Kier alpha value is -1.74. The lowest BCUT2D eigenvalue weighted by molar-refractivity contribution is 0.416.